The Hall–Kier alpha value is -1.00. The van der Waals surface area contributed by atoms with E-state index >= 15 is 0 Å². The third-order valence-electron chi connectivity index (χ3n) is 3.04. The van der Waals surface area contributed by atoms with Gasteiger partial charge in [-0.25, -0.2) is 0 Å². The van der Waals surface area contributed by atoms with E-state index in [-0.39, 0.29) is 11.9 Å². The highest BCUT2D eigenvalue weighted by atomic mass is 32.2. The first kappa shape index (κ1) is 12.5. The van der Waals surface area contributed by atoms with Crippen LogP contribution in [0, 0.1) is 0 Å². The van der Waals surface area contributed by atoms with Gasteiger partial charge in [-0.15, -0.1) is 11.8 Å². The first-order valence-corrected chi connectivity index (χ1v) is 6.99. The van der Waals surface area contributed by atoms with Crippen molar-refractivity contribution in [2.45, 2.75) is 17.9 Å². The van der Waals surface area contributed by atoms with Crippen molar-refractivity contribution in [1.29, 1.82) is 0 Å². The van der Waals surface area contributed by atoms with Crippen LogP contribution >= 0.6 is 11.8 Å². The molecule has 0 N–H and O–H groups in total. The lowest BCUT2D eigenvalue weighted by Crippen LogP contribution is -2.54. The number of hydrogen-bond donors (Lipinski definition) is 0. The van der Waals surface area contributed by atoms with E-state index in [1.807, 2.05) is 36.4 Å². The highest BCUT2D eigenvalue weighted by Crippen LogP contribution is 2.31. The Morgan fingerprint density at radius 1 is 1.35 bits per heavy atom. The van der Waals surface area contributed by atoms with Crippen molar-refractivity contribution in [1.82, 2.24) is 4.90 Å². The molecule has 17 heavy (non-hydrogen) atoms. The minimum absolute atomic E-state index is 0.188. The fourth-order valence-electron chi connectivity index (χ4n) is 2.35. The minimum atomic E-state index is 0.188. The minimum Gasteiger partial charge on any atom is -0.306 e. The number of likely N-dealkylation sites (N-methyl/N-ethyl adjacent to an activating group) is 1. The maximum absolute atomic E-state index is 12.2. The van der Waals surface area contributed by atoms with E-state index < -0.39 is 0 Å². The molecule has 2 rings (SSSR count). The Morgan fingerprint density at radius 2 is 2.06 bits per heavy atom. The number of nitrogens with zero attached hydrogens (tertiary/aromatic N) is 2. The van der Waals surface area contributed by atoms with E-state index in [1.165, 1.54) is 0 Å². The van der Waals surface area contributed by atoms with Gasteiger partial charge in [0.15, 0.2) is 0 Å². The molecule has 1 amide bonds. The summed E-state index contributed by atoms with van der Waals surface area (Å²) < 4.78 is 0. The van der Waals surface area contributed by atoms with Gasteiger partial charge in [-0.2, -0.15) is 0 Å². The average molecular weight is 250 g/mol. The SMILES string of the molecule is CSc1ccccc1N1C(=O)CN(C)CC1C. The van der Waals surface area contributed by atoms with Crippen molar-refractivity contribution >= 4 is 23.4 Å². The lowest BCUT2D eigenvalue weighted by atomic mass is 10.1. The molecule has 4 heteroatoms. The van der Waals surface area contributed by atoms with Crippen molar-refractivity contribution in [3.05, 3.63) is 24.3 Å². The van der Waals surface area contributed by atoms with Gasteiger partial charge in [0, 0.05) is 17.5 Å². The smallest absolute Gasteiger partial charge is 0.241 e. The van der Waals surface area contributed by atoms with E-state index in [1.54, 1.807) is 11.8 Å². The summed E-state index contributed by atoms with van der Waals surface area (Å²) in [5.74, 6) is 0.188. The molecule has 1 aliphatic heterocycles. The van der Waals surface area contributed by atoms with Crippen molar-refractivity contribution in [2.75, 3.05) is 31.3 Å². The summed E-state index contributed by atoms with van der Waals surface area (Å²) in [4.78, 5) is 17.3. The number of piperazine rings is 1. The van der Waals surface area contributed by atoms with Crippen LogP contribution in [0.4, 0.5) is 5.69 Å². The summed E-state index contributed by atoms with van der Waals surface area (Å²) in [6, 6.07) is 8.34. The van der Waals surface area contributed by atoms with Crippen LogP contribution < -0.4 is 4.90 Å². The van der Waals surface area contributed by atoms with Crippen molar-refractivity contribution in [3.63, 3.8) is 0 Å². The maximum atomic E-state index is 12.2. The Morgan fingerprint density at radius 3 is 2.71 bits per heavy atom. The van der Waals surface area contributed by atoms with Crippen LogP contribution in [-0.2, 0) is 4.79 Å². The maximum Gasteiger partial charge on any atom is 0.241 e. The zero-order valence-electron chi connectivity index (χ0n) is 10.5. The zero-order valence-corrected chi connectivity index (χ0v) is 11.3. The summed E-state index contributed by atoms with van der Waals surface area (Å²) in [5, 5.41) is 0. The number of amides is 1. The molecule has 1 unspecified atom stereocenters. The molecule has 1 aromatic carbocycles. The molecule has 0 saturated carbocycles. The van der Waals surface area contributed by atoms with Crippen LogP contribution in [0.25, 0.3) is 0 Å². The fraction of sp³-hybridized carbons (Fsp3) is 0.462. The van der Waals surface area contributed by atoms with E-state index in [0.717, 1.165) is 17.1 Å². The summed E-state index contributed by atoms with van der Waals surface area (Å²) in [6.07, 6.45) is 2.05. The fourth-order valence-corrected chi connectivity index (χ4v) is 2.94. The van der Waals surface area contributed by atoms with Gasteiger partial charge in [-0.05, 0) is 32.4 Å². The van der Waals surface area contributed by atoms with Crippen LogP contribution in [0.15, 0.2) is 29.2 Å². The summed E-state index contributed by atoms with van der Waals surface area (Å²) in [6.45, 7) is 3.53. The number of carbonyl (C=O) groups excluding carboxylic acids is 1. The van der Waals surface area contributed by atoms with Crippen LogP contribution in [0.3, 0.4) is 0 Å². The zero-order chi connectivity index (χ0) is 12.4. The van der Waals surface area contributed by atoms with E-state index in [9.17, 15) is 4.79 Å². The number of anilines is 1. The standard InChI is InChI=1S/C13H18N2OS/c1-10-8-14(2)9-13(16)15(10)11-6-4-5-7-12(11)17-3/h4-7,10H,8-9H2,1-3H3. The molecule has 0 aromatic heterocycles. The quantitative estimate of drug-likeness (QED) is 0.751. The number of benzene rings is 1. The molecule has 0 radical (unpaired) electrons. The van der Waals surface area contributed by atoms with Crippen LogP contribution in [-0.4, -0.2) is 43.2 Å². The van der Waals surface area contributed by atoms with Gasteiger partial charge in [0.05, 0.1) is 12.2 Å². The van der Waals surface area contributed by atoms with Crippen molar-refractivity contribution in [2.24, 2.45) is 0 Å². The molecule has 1 saturated heterocycles. The monoisotopic (exact) mass is 250 g/mol. The van der Waals surface area contributed by atoms with Gasteiger partial charge >= 0.3 is 0 Å². The molecule has 1 atom stereocenters. The molecule has 1 fully saturated rings. The second-order valence-corrected chi connectivity index (χ2v) is 5.33. The Balaban J connectivity index is 2.35. The largest absolute Gasteiger partial charge is 0.306 e. The molecule has 92 valence electrons. The third kappa shape index (κ3) is 2.48. The lowest BCUT2D eigenvalue weighted by molar-refractivity contribution is -0.121. The summed E-state index contributed by atoms with van der Waals surface area (Å²) in [5.41, 5.74) is 1.05. The number of para-hydroxylation sites is 1. The predicted octanol–water partition coefficient (Wildman–Crippen LogP) is 2.08. The Labute approximate surface area is 107 Å². The molecule has 1 heterocycles. The van der Waals surface area contributed by atoms with Gasteiger partial charge in [-0.3, -0.25) is 9.69 Å². The molecule has 1 aromatic rings. The van der Waals surface area contributed by atoms with Gasteiger partial charge in [0.25, 0.3) is 0 Å². The molecule has 1 aliphatic rings. The molecule has 0 bridgehead atoms. The molecule has 0 spiro atoms. The molecule has 3 nitrogen and oxygen atoms in total. The molecular weight excluding hydrogens is 232 g/mol. The number of carbonyl (C=O) groups is 1. The third-order valence-corrected chi connectivity index (χ3v) is 3.82. The lowest BCUT2D eigenvalue weighted by Gasteiger charge is -2.38. The second-order valence-electron chi connectivity index (χ2n) is 4.48. The van der Waals surface area contributed by atoms with Crippen LogP contribution in [0.5, 0.6) is 0 Å². The first-order valence-electron chi connectivity index (χ1n) is 5.77. The normalized spacial score (nSPS) is 21.9. The van der Waals surface area contributed by atoms with Crippen LogP contribution in [0.1, 0.15) is 6.92 Å². The number of thioether (sulfide) groups is 1. The molecule has 0 aliphatic carbocycles. The topological polar surface area (TPSA) is 23.6 Å². The van der Waals surface area contributed by atoms with Crippen LogP contribution in [0.2, 0.25) is 0 Å². The van der Waals surface area contributed by atoms with Gasteiger partial charge in [0.1, 0.15) is 0 Å². The first-order chi connectivity index (χ1) is 8.13. The van der Waals surface area contributed by atoms with Crippen molar-refractivity contribution in [3.8, 4) is 0 Å². The number of hydrogen-bond acceptors (Lipinski definition) is 3. The van der Waals surface area contributed by atoms with Gasteiger partial charge < -0.3 is 4.90 Å². The average Bonchev–Trinajstić information content (AvgIpc) is 2.28. The predicted molar refractivity (Wildman–Crippen MR) is 72.7 cm³/mol. The van der Waals surface area contributed by atoms with E-state index in [0.29, 0.717) is 6.54 Å². The highest BCUT2D eigenvalue weighted by Gasteiger charge is 2.30. The van der Waals surface area contributed by atoms with E-state index in [2.05, 4.69) is 17.9 Å². The van der Waals surface area contributed by atoms with Gasteiger partial charge in [-0.1, -0.05) is 12.1 Å². The van der Waals surface area contributed by atoms with E-state index in [4.69, 9.17) is 0 Å². The highest BCUT2D eigenvalue weighted by molar-refractivity contribution is 7.98. The Kier molecular flexibility index (Phi) is 3.74. The summed E-state index contributed by atoms with van der Waals surface area (Å²) >= 11 is 1.69. The Bertz CT molecular complexity index is 422. The number of rotatable bonds is 2. The summed E-state index contributed by atoms with van der Waals surface area (Å²) in [7, 11) is 1.99. The van der Waals surface area contributed by atoms with Crippen molar-refractivity contribution < 1.29 is 4.79 Å². The van der Waals surface area contributed by atoms with Gasteiger partial charge in [0.2, 0.25) is 5.91 Å². The second kappa shape index (κ2) is 5.10. The molecular formula is C13H18N2OS.